The third-order valence-electron chi connectivity index (χ3n) is 3.19. The van der Waals surface area contributed by atoms with Crippen LogP contribution in [0.4, 0.5) is 16.5 Å². The standard InChI is InChI=1S/C17H15ClN4OS2/c1-11(15(23)19-14-9-7-12(18)8-10-14)24-17-22-21-16(25-17)20-13-5-3-2-4-6-13/h2-11H,1H3,(H,19,23)(H,20,21)/t11-/m1/s1. The predicted molar refractivity (Wildman–Crippen MR) is 105 cm³/mol. The highest BCUT2D eigenvalue weighted by molar-refractivity contribution is 8.02. The zero-order chi connectivity index (χ0) is 17.6. The average Bonchev–Trinajstić information content (AvgIpc) is 3.04. The number of anilines is 3. The maximum atomic E-state index is 12.3. The molecule has 1 amide bonds. The molecule has 0 fully saturated rings. The second-order valence-corrected chi connectivity index (χ2v) is 8.12. The van der Waals surface area contributed by atoms with E-state index in [2.05, 4.69) is 20.8 Å². The summed E-state index contributed by atoms with van der Waals surface area (Å²) >= 11 is 8.63. The van der Waals surface area contributed by atoms with Crippen molar-refractivity contribution in [3.63, 3.8) is 0 Å². The molecule has 5 nitrogen and oxygen atoms in total. The zero-order valence-corrected chi connectivity index (χ0v) is 15.7. The van der Waals surface area contributed by atoms with Gasteiger partial charge in [-0.1, -0.05) is 52.9 Å². The van der Waals surface area contributed by atoms with Crippen LogP contribution in [0.2, 0.25) is 5.02 Å². The van der Waals surface area contributed by atoms with Crippen LogP contribution in [-0.4, -0.2) is 21.4 Å². The number of thioether (sulfide) groups is 1. The summed E-state index contributed by atoms with van der Waals surface area (Å²) in [6, 6.07) is 16.8. The summed E-state index contributed by atoms with van der Waals surface area (Å²) in [6.45, 7) is 1.83. The molecule has 128 valence electrons. The Morgan fingerprint density at radius 3 is 2.52 bits per heavy atom. The molecule has 3 aromatic rings. The Kier molecular flexibility index (Phi) is 5.91. The van der Waals surface area contributed by atoms with Crippen molar-refractivity contribution in [1.29, 1.82) is 0 Å². The highest BCUT2D eigenvalue weighted by atomic mass is 35.5. The van der Waals surface area contributed by atoms with Crippen LogP contribution in [0.25, 0.3) is 0 Å². The maximum absolute atomic E-state index is 12.3. The largest absolute Gasteiger partial charge is 0.330 e. The van der Waals surface area contributed by atoms with Crippen molar-refractivity contribution < 1.29 is 4.79 Å². The Bertz CT molecular complexity index is 839. The highest BCUT2D eigenvalue weighted by Gasteiger charge is 2.17. The summed E-state index contributed by atoms with van der Waals surface area (Å²) in [7, 11) is 0. The van der Waals surface area contributed by atoms with Crippen molar-refractivity contribution in [2.24, 2.45) is 0 Å². The van der Waals surface area contributed by atoms with Crippen molar-refractivity contribution in [2.45, 2.75) is 16.5 Å². The second kappa shape index (κ2) is 8.33. The lowest BCUT2D eigenvalue weighted by Crippen LogP contribution is -2.22. The molecule has 1 heterocycles. The average molecular weight is 391 g/mol. The van der Waals surface area contributed by atoms with E-state index in [1.165, 1.54) is 23.1 Å². The molecular formula is C17H15ClN4OS2. The first-order valence-electron chi connectivity index (χ1n) is 7.49. The second-order valence-electron chi connectivity index (χ2n) is 5.12. The summed E-state index contributed by atoms with van der Waals surface area (Å²) in [4.78, 5) is 12.3. The molecule has 8 heteroatoms. The lowest BCUT2D eigenvalue weighted by Gasteiger charge is -2.10. The molecule has 0 aliphatic rings. The Hall–Kier alpha value is -2.09. The fourth-order valence-corrected chi connectivity index (χ4v) is 3.98. The normalized spacial score (nSPS) is 11.8. The molecule has 0 unspecified atom stereocenters. The van der Waals surface area contributed by atoms with Gasteiger partial charge in [-0.15, -0.1) is 10.2 Å². The van der Waals surface area contributed by atoms with Gasteiger partial charge in [0, 0.05) is 16.4 Å². The topological polar surface area (TPSA) is 66.9 Å². The number of hydrogen-bond donors (Lipinski definition) is 2. The van der Waals surface area contributed by atoms with Gasteiger partial charge in [-0.3, -0.25) is 4.79 Å². The van der Waals surface area contributed by atoms with Crippen LogP contribution in [-0.2, 0) is 4.79 Å². The summed E-state index contributed by atoms with van der Waals surface area (Å²) in [5.41, 5.74) is 1.66. The number of carbonyl (C=O) groups is 1. The van der Waals surface area contributed by atoms with Gasteiger partial charge < -0.3 is 10.6 Å². The van der Waals surface area contributed by atoms with Gasteiger partial charge in [-0.2, -0.15) is 0 Å². The zero-order valence-electron chi connectivity index (χ0n) is 13.3. The van der Waals surface area contributed by atoms with E-state index in [0.717, 1.165) is 10.0 Å². The van der Waals surface area contributed by atoms with Crippen molar-refractivity contribution >= 4 is 57.1 Å². The van der Waals surface area contributed by atoms with Crippen LogP contribution in [0.3, 0.4) is 0 Å². The van der Waals surface area contributed by atoms with E-state index >= 15 is 0 Å². The van der Waals surface area contributed by atoms with Crippen molar-refractivity contribution in [3.05, 3.63) is 59.6 Å². The quantitative estimate of drug-likeness (QED) is 0.576. The summed E-state index contributed by atoms with van der Waals surface area (Å²) in [5, 5.41) is 15.3. The number of benzene rings is 2. The molecule has 3 rings (SSSR count). The van der Waals surface area contributed by atoms with E-state index < -0.39 is 0 Å². The molecule has 1 atom stereocenters. The van der Waals surface area contributed by atoms with Gasteiger partial charge >= 0.3 is 0 Å². The van der Waals surface area contributed by atoms with Crippen LogP contribution in [0.15, 0.2) is 58.9 Å². The minimum atomic E-state index is -0.298. The number of halogens is 1. The molecule has 0 aliphatic carbocycles. The Morgan fingerprint density at radius 2 is 1.80 bits per heavy atom. The number of carbonyl (C=O) groups excluding carboxylic acids is 1. The third kappa shape index (κ3) is 5.19. The molecule has 0 saturated heterocycles. The van der Waals surface area contributed by atoms with E-state index in [1.54, 1.807) is 24.3 Å². The smallest absolute Gasteiger partial charge is 0.237 e. The predicted octanol–water partition coefficient (Wildman–Crippen LogP) is 5.05. The van der Waals surface area contributed by atoms with Gasteiger partial charge in [-0.05, 0) is 43.3 Å². The van der Waals surface area contributed by atoms with E-state index in [1.807, 2.05) is 37.3 Å². The molecule has 2 N–H and O–H groups in total. The molecule has 2 aromatic carbocycles. The monoisotopic (exact) mass is 390 g/mol. The van der Waals surface area contributed by atoms with Crippen LogP contribution in [0.5, 0.6) is 0 Å². The number of amides is 1. The van der Waals surface area contributed by atoms with Crippen LogP contribution < -0.4 is 10.6 Å². The van der Waals surface area contributed by atoms with Crippen molar-refractivity contribution in [1.82, 2.24) is 10.2 Å². The summed E-state index contributed by atoms with van der Waals surface area (Å²) in [5.74, 6) is -0.0971. The lowest BCUT2D eigenvalue weighted by molar-refractivity contribution is -0.115. The minimum absolute atomic E-state index is 0.0971. The van der Waals surface area contributed by atoms with Crippen LogP contribution >= 0.6 is 34.7 Å². The van der Waals surface area contributed by atoms with Crippen LogP contribution in [0.1, 0.15) is 6.92 Å². The van der Waals surface area contributed by atoms with Gasteiger partial charge in [0.25, 0.3) is 0 Å². The first-order valence-corrected chi connectivity index (χ1v) is 9.56. The molecule has 0 saturated carbocycles. The van der Waals surface area contributed by atoms with Gasteiger partial charge in [-0.25, -0.2) is 0 Å². The highest BCUT2D eigenvalue weighted by Crippen LogP contribution is 2.30. The van der Waals surface area contributed by atoms with Gasteiger partial charge in [0.1, 0.15) is 0 Å². The van der Waals surface area contributed by atoms with Gasteiger partial charge in [0.15, 0.2) is 4.34 Å². The van der Waals surface area contributed by atoms with Crippen LogP contribution in [0, 0.1) is 0 Å². The SMILES string of the molecule is C[C@@H](Sc1nnc(Nc2ccccc2)s1)C(=O)Nc1ccc(Cl)cc1. The number of hydrogen-bond acceptors (Lipinski definition) is 6. The van der Waals surface area contributed by atoms with E-state index in [-0.39, 0.29) is 11.2 Å². The lowest BCUT2D eigenvalue weighted by atomic mass is 10.3. The fourth-order valence-electron chi connectivity index (χ4n) is 1.93. The minimum Gasteiger partial charge on any atom is -0.330 e. The van der Waals surface area contributed by atoms with Gasteiger partial charge in [0.2, 0.25) is 11.0 Å². The molecular weight excluding hydrogens is 376 g/mol. The maximum Gasteiger partial charge on any atom is 0.237 e. The van der Waals surface area contributed by atoms with Crippen molar-refractivity contribution in [2.75, 3.05) is 10.6 Å². The molecule has 0 aliphatic heterocycles. The number of para-hydroxylation sites is 1. The number of aromatic nitrogens is 2. The van der Waals surface area contributed by atoms with E-state index in [0.29, 0.717) is 15.8 Å². The van der Waals surface area contributed by atoms with E-state index in [9.17, 15) is 4.79 Å². The number of rotatable bonds is 6. The number of nitrogens with one attached hydrogen (secondary N) is 2. The Labute approximate surface area is 158 Å². The Morgan fingerprint density at radius 1 is 1.08 bits per heavy atom. The Balaban J connectivity index is 1.56. The first kappa shape index (κ1) is 17.7. The molecule has 1 aromatic heterocycles. The number of nitrogens with zero attached hydrogens (tertiary/aromatic N) is 2. The summed E-state index contributed by atoms with van der Waals surface area (Å²) < 4.78 is 0.734. The summed E-state index contributed by atoms with van der Waals surface area (Å²) in [6.07, 6.45) is 0. The van der Waals surface area contributed by atoms with Crippen molar-refractivity contribution in [3.8, 4) is 0 Å². The van der Waals surface area contributed by atoms with Gasteiger partial charge in [0.05, 0.1) is 5.25 Å². The fraction of sp³-hybridized carbons (Fsp3) is 0.118. The molecule has 0 radical (unpaired) electrons. The third-order valence-corrected chi connectivity index (χ3v) is 5.46. The molecule has 25 heavy (non-hydrogen) atoms. The van der Waals surface area contributed by atoms with E-state index in [4.69, 9.17) is 11.6 Å². The molecule has 0 spiro atoms. The first-order chi connectivity index (χ1) is 12.1. The molecule has 0 bridgehead atoms.